The van der Waals surface area contributed by atoms with Gasteiger partial charge in [-0.25, -0.2) is 0 Å². The fourth-order valence-electron chi connectivity index (χ4n) is 3.47. The summed E-state index contributed by atoms with van der Waals surface area (Å²) in [5.74, 6) is 1.48. The first-order valence-corrected chi connectivity index (χ1v) is 12.5. The van der Waals surface area contributed by atoms with Gasteiger partial charge < -0.3 is 19.4 Å². The van der Waals surface area contributed by atoms with Gasteiger partial charge in [-0.1, -0.05) is 52.8 Å². The smallest absolute Gasteiger partial charge is 0.229 e. The minimum absolute atomic E-state index is 0.325. The molecular weight excluding hydrogens is 446 g/mol. The van der Waals surface area contributed by atoms with Crippen molar-refractivity contribution in [1.29, 1.82) is 0 Å². The number of para-hydroxylation sites is 1. The summed E-state index contributed by atoms with van der Waals surface area (Å²) in [7, 11) is 1.69. The highest BCUT2D eigenvalue weighted by Gasteiger charge is 2.23. The summed E-state index contributed by atoms with van der Waals surface area (Å²) in [5.41, 5.74) is 3.75. The van der Waals surface area contributed by atoms with Crippen molar-refractivity contribution in [2.24, 2.45) is 5.92 Å². The number of H-pyrrole nitrogens is 1. The number of rotatable bonds is 1. The zero-order valence-corrected chi connectivity index (χ0v) is 22.6. The van der Waals surface area contributed by atoms with E-state index in [1.54, 1.807) is 13.3 Å². The average Bonchev–Trinajstić information content (AvgIpc) is 3.30. The molecule has 1 unspecified atom stereocenters. The minimum atomic E-state index is 0.325. The van der Waals surface area contributed by atoms with Gasteiger partial charge >= 0.3 is 0 Å². The lowest BCUT2D eigenvalue weighted by Gasteiger charge is -2.31. The summed E-state index contributed by atoms with van der Waals surface area (Å²) in [5, 5.41) is 1.88. The number of fused-ring (bicyclic) bond motifs is 3. The molecule has 0 saturated heterocycles. The van der Waals surface area contributed by atoms with Crippen LogP contribution in [-0.4, -0.2) is 46.7 Å². The third-order valence-electron chi connectivity index (χ3n) is 5.25. The Morgan fingerprint density at radius 3 is 2.65 bits per heavy atom. The van der Waals surface area contributed by atoms with Gasteiger partial charge in [-0.05, 0) is 61.7 Å². The number of amides is 1. The van der Waals surface area contributed by atoms with Crippen molar-refractivity contribution in [3.63, 3.8) is 0 Å². The van der Waals surface area contributed by atoms with Crippen molar-refractivity contribution in [2.75, 3.05) is 20.4 Å². The number of hydrogen-bond donors (Lipinski definition) is 1. The van der Waals surface area contributed by atoms with Crippen LogP contribution in [0.1, 0.15) is 59.2 Å². The van der Waals surface area contributed by atoms with E-state index in [0.29, 0.717) is 17.8 Å². The number of nitrogens with one attached hydrogen (secondary N) is 1. The Hall–Kier alpha value is -2.80. The van der Waals surface area contributed by atoms with Crippen LogP contribution in [0.25, 0.3) is 10.9 Å². The largest absolute Gasteiger partial charge is 0.465 e. The third-order valence-corrected chi connectivity index (χ3v) is 5.79. The lowest BCUT2D eigenvalue weighted by atomic mass is 10.0. The van der Waals surface area contributed by atoms with Gasteiger partial charge in [0.1, 0.15) is 0 Å². The van der Waals surface area contributed by atoms with Crippen LogP contribution in [-0.2, 0) is 27.2 Å². The summed E-state index contributed by atoms with van der Waals surface area (Å²) < 4.78 is 10.3. The molecule has 1 atom stereocenters. The number of thiocarbonyl (C=S) groups is 1. The van der Waals surface area contributed by atoms with E-state index in [1.807, 2.05) is 46.8 Å². The van der Waals surface area contributed by atoms with Gasteiger partial charge in [0.15, 0.2) is 5.11 Å². The maximum Gasteiger partial charge on any atom is 0.229 e. The van der Waals surface area contributed by atoms with E-state index in [9.17, 15) is 4.79 Å². The number of benzene rings is 1. The number of nitrogens with zero attached hydrogens (tertiary/aromatic N) is 2. The molecule has 0 radical (unpaired) electrons. The lowest BCUT2D eigenvalue weighted by Crippen LogP contribution is -2.42. The minimum Gasteiger partial charge on any atom is -0.465 e. The van der Waals surface area contributed by atoms with Crippen molar-refractivity contribution in [3.05, 3.63) is 59.7 Å². The lowest BCUT2D eigenvalue weighted by molar-refractivity contribution is -0.114. The number of aromatic amines is 1. The molecule has 0 aliphatic carbocycles. The Morgan fingerprint density at radius 1 is 1.24 bits per heavy atom. The van der Waals surface area contributed by atoms with Crippen molar-refractivity contribution in [2.45, 2.75) is 60.9 Å². The van der Waals surface area contributed by atoms with Crippen molar-refractivity contribution in [3.8, 4) is 0 Å². The first kappa shape index (κ1) is 29.2. The number of carbonyl (C=O) groups is 1. The number of ether oxygens (including phenoxy) is 2. The van der Waals surface area contributed by atoms with E-state index in [-0.39, 0.29) is 0 Å². The zero-order chi connectivity index (χ0) is 25.5. The predicted octanol–water partition coefficient (Wildman–Crippen LogP) is 6.39. The van der Waals surface area contributed by atoms with Crippen LogP contribution in [0, 0.1) is 5.92 Å². The van der Waals surface area contributed by atoms with Crippen molar-refractivity contribution in [1.82, 2.24) is 14.8 Å². The van der Waals surface area contributed by atoms with E-state index in [1.165, 1.54) is 27.1 Å². The standard InChI is InChI=1S/C14H15N3OS.C9H14O2.2C2H6/c1-16(9-18)14(19)17-7-6-11-10-4-2-3-5-12(10)15-13(11)8-17;1-8-3-4-9(2)11-7-10-6-5-8;2*1-2/h2-5,9,15H,6-8H2,1H3;4-6,8H,3,7H2,1-2H3;2*1-2H3/b;6-5+,9-4+;;. The summed E-state index contributed by atoms with van der Waals surface area (Å²) in [6, 6.07) is 8.34. The third kappa shape index (κ3) is 8.52. The van der Waals surface area contributed by atoms with Crippen LogP contribution >= 0.6 is 12.2 Å². The van der Waals surface area contributed by atoms with Crippen LogP contribution in [0.5, 0.6) is 0 Å². The molecule has 6 nitrogen and oxygen atoms in total. The van der Waals surface area contributed by atoms with E-state index >= 15 is 0 Å². The SMILES string of the molecule is C/C1=C\CC(C)/C=C/OCO1.CC.CC.CN(C=O)C(=S)N1CCc2c([nH]c3ccccc23)C1. The Labute approximate surface area is 210 Å². The molecule has 2 aliphatic rings. The Morgan fingerprint density at radius 2 is 1.94 bits per heavy atom. The molecule has 0 spiro atoms. The van der Waals surface area contributed by atoms with Gasteiger partial charge in [0.05, 0.1) is 18.6 Å². The molecule has 0 fully saturated rings. The first-order chi connectivity index (χ1) is 16.5. The summed E-state index contributed by atoms with van der Waals surface area (Å²) in [4.78, 5) is 17.7. The van der Waals surface area contributed by atoms with E-state index < -0.39 is 0 Å². The highest BCUT2D eigenvalue weighted by Crippen LogP contribution is 2.27. The molecule has 2 aliphatic heterocycles. The van der Waals surface area contributed by atoms with Crippen LogP contribution in [0.4, 0.5) is 0 Å². The Kier molecular flexibility index (Phi) is 13.7. The fourth-order valence-corrected chi connectivity index (χ4v) is 3.67. The van der Waals surface area contributed by atoms with Crippen molar-refractivity contribution >= 4 is 34.6 Å². The van der Waals surface area contributed by atoms with Gasteiger partial charge in [-0.2, -0.15) is 0 Å². The highest BCUT2D eigenvalue weighted by molar-refractivity contribution is 7.80. The maximum atomic E-state index is 10.8. The molecule has 2 aromatic rings. The van der Waals surface area contributed by atoms with E-state index in [4.69, 9.17) is 21.7 Å². The van der Waals surface area contributed by atoms with E-state index in [0.717, 1.165) is 38.1 Å². The summed E-state index contributed by atoms with van der Waals surface area (Å²) >= 11 is 5.31. The summed E-state index contributed by atoms with van der Waals surface area (Å²) in [6.45, 7) is 14.0. The van der Waals surface area contributed by atoms with Gasteiger partial charge in [-0.3, -0.25) is 9.69 Å². The molecule has 188 valence electrons. The second-order valence-corrected chi connectivity index (χ2v) is 7.95. The molecule has 0 bridgehead atoms. The van der Waals surface area contributed by atoms with Gasteiger partial charge in [0.2, 0.25) is 13.2 Å². The highest BCUT2D eigenvalue weighted by atomic mass is 32.1. The second kappa shape index (κ2) is 15.9. The number of carbonyl (C=O) groups excluding carboxylic acids is 1. The van der Waals surface area contributed by atoms with Gasteiger partial charge in [0, 0.05) is 30.2 Å². The quantitative estimate of drug-likeness (QED) is 0.373. The van der Waals surface area contributed by atoms with E-state index in [2.05, 4.69) is 41.1 Å². The Balaban J connectivity index is 0.000000330. The normalized spacial score (nSPS) is 19.0. The molecule has 1 N–H and O–H groups in total. The zero-order valence-electron chi connectivity index (χ0n) is 21.8. The Bertz CT molecular complexity index is 952. The molecule has 4 rings (SSSR count). The average molecular weight is 488 g/mol. The molecular formula is C27H41N3O3S. The van der Waals surface area contributed by atoms with Gasteiger partial charge in [-0.15, -0.1) is 0 Å². The molecule has 0 saturated carbocycles. The number of hydrogen-bond acceptors (Lipinski definition) is 4. The first-order valence-electron chi connectivity index (χ1n) is 12.1. The molecule has 1 aromatic heterocycles. The maximum absolute atomic E-state index is 10.8. The van der Waals surface area contributed by atoms with Crippen LogP contribution in [0.3, 0.4) is 0 Å². The van der Waals surface area contributed by atoms with Crippen LogP contribution in [0.2, 0.25) is 0 Å². The molecule has 1 amide bonds. The van der Waals surface area contributed by atoms with Crippen LogP contribution < -0.4 is 0 Å². The predicted molar refractivity (Wildman–Crippen MR) is 145 cm³/mol. The van der Waals surface area contributed by atoms with Crippen LogP contribution in [0.15, 0.2) is 48.4 Å². The van der Waals surface area contributed by atoms with Crippen molar-refractivity contribution < 1.29 is 14.3 Å². The van der Waals surface area contributed by atoms with Gasteiger partial charge in [0.25, 0.3) is 0 Å². The molecule has 1 aromatic carbocycles. The molecule has 7 heteroatoms. The molecule has 3 heterocycles. The topological polar surface area (TPSA) is 57.8 Å². The summed E-state index contributed by atoms with van der Waals surface area (Å²) in [6.07, 6.45) is 8.56. The second-order valence-electron chi connectivity index (χ2n) is 7.58. The fraction of sp³-hybridized carbons (Fsp3) is 0.481. The molecule has 34 heavy (non-hydrogen) atoms. The number of allylic oxidation sites excluding steroid dienone is 3. The number of aromatic nitrogens is 1. The monoisotopic (exact) mass is 487 g/mol.